The van der Waals surface area contributed by atoms with Gasteiger partial charge in [0.15, 0.2) is 0 Å². The first-order chi connectivity index (χ1) is 7.36. The molecule has 0 saturated carbocycles. The third kappa shape index (κ3) is 1.54. The number of nitrogen functional groups attached to an aromatic ring is 1. The largest absolute Gasteiger partial charge is 0.382 e. The van der Waals surface area contributed by atoms with E-state index in [9.17, 15) is 0 Å². The molecule has 1 aromatic heterocycles. The predicted molar refractivity (Wildman–Crippen MR) is 63.0 cm³/mol. The molecule has 0 amide bonds. The van der Waals surface area contributed by atoms with Crippen molar-refractivity contribution in [3.05, 3.63) is 11.3 Å². The van der Waals surface area contributed by atoms with E-state index in [0.717, 1.165) is 31.1 Å². The lowest BCUT2D eigenvalue weighted by Crippen LogP contribution is -2.17. The van der Waals surface area contributed by atoms with Gasteiger partial charge in [0.05, 0.1) is 11.7 Å². The highest BCUT2D eigenvalue weighted by atomic mass is 32.2. The van der Waals surface area contributed by atoms with Crippen molar-refractivity contribution >= 4 is 17.6 Å². The highest BCUT2D eigenvalue weighted by Gasteiger charge is 2.25. The number of thioether (sulfide) groups is 1. The third-order valence-corrected chi connectivity index (χ3v) is 4.24. The Morgan fingerprint density at radius 3 is 3.27 bits per heavy atom. The summed E-state index contributed by atoms with van der Waals surface area (Å²) < 4.78 is 2.18. The van der Waals surface area contributed by atoms with Gasteiger partial charge in [-0.15, -0.1) is 0 Å². The van der Waals surface area contributed by atoms with E-state index in [2.05, 4.69) is 15.1 Å². The molecule has 1 unspecified atom stereocenters. The first-order valence-electron chi connectivity index (χ1n) is 5.50. The minimum atomic E-state index is 0.523. The molecule has 1 saturated heterocycles. The minimum absolute atomic E-state index is 0.523. The molecule has 4 nitrogen and oxygen atoms in total. The Hall–Kier alpha value is -0.680. The summed E-state index contributed by atoms with van der Waals surface area (Å²) in [4.78, 5) is 0. The Morgan fingerprint density at radius 1 is 1.53 bits per heavy atom. The van der Waals surface area contributed by atoms with Gasteiger partial charge in [0, 0.05) is 17.9 Å². The zero-order valence-electron chi connectivity index (χ0n) is 8.70. The lowest BCUT2D eigenvalue weighted by atomic mass is 10.1. The summed E-state index contributed by atoms with van der Waals surface area (Å²) in [5.74, 6) is 3.03. The average Bonchev–Trinajstić information content (AvgIpc) is 2.87. The number of anilines is 1. The number of hydrogen-bond donors (Lipinski definition) is 2. The Morgan fingerprint density at radius 2 is 2.47 bits per heavy atom. The van der Waals surface area contributed by atoms with Gasteiger partial charge in [0.25, 0.3) is 0 Å². The molecule has 1 aromatic rings. The Labute approximate surface area is 93.6 Å². The van der Waals surface area contributed by atoms with E-state index in [1.807, 2.05) is 11.8 Å². The van der Waals surface area contributed by atoms with E-state index < -0.39 is 0 Å². The molecule has 0 aromatic carbocycles. The predicted octanol–water partition coefficient (Wildman–Crippen LogP) is 0.789. The van der Waals surface area contributed by atoms with E-state index >= 15 is 0 Å². The van der Waals surface area contributed by atoms with Crippen LogP contribution in [0, 0.1) is 0 Å². The fourth-order valence-electron chi connectivity index (χ4n) is 2.44. The summed E-state index contributed by atoms with van der Waals surface area (Å²) in [6.07, 6.45) is 2.27. The Bertz CT molecular complexity index is 368. The van der Waals surface area contributed by atoms with Gasteiger partial charge in [-0.05, 0) is 25.1 Å². The van der Waals surface area contributed by atoms with Crippen LogP contribution in [0.25, 0.3) is 0 Å². The molecule has 3 N–H and O–H groups in total. The van der Waals surface area contributed by atoms with Crippen molar-refractivity contribution in [1.29, 1.82) is 0 Å². The molecule has 0 aliphatic carbocycles. The molecule has 3 heterocycles. The second kappa shape index (κ2) is 3.72. The molecular formula is C10H16N4S. The van der Waals surface area contributed by atoms with Crippen molar-refractivity contribution < 1.29 is 0 Å². The number of nitrogens with one attached hydrogen (secondary N) is 1. The van der Waals surface area contributed by atoms with Crippen LogP contribution in [0.2, 0.25) is 0 Å². The van der Waals surface area contributed by atoms with Crippen molar-refractivity contribution in [2.24, 2.45) is 0 Å². The number of rotatable bonds is 1. The quantitative estimate of drug-likeness (QED) is 0.740. The molecule has 2 aliphatic heterocycles. The molecule has 2 aliphatic rings. The molecule has 15 heavy (non-hydrogen) atoms. The zero-order chi connectivity index (χ0) is 10.3. The standard InChI is InChI=1S/C10H16N4S/c11-10-8-2-4-15-6-9(8)14(13-10)7-1-3-12-5-7/h7,12H,1-6H2,(H2,11,13). The lowest BCUT2D eigenvalue weighted by molar-refractivity contribution is 0.478. The maximum atomic E-state index is 5.97. The van der Waals surface area contributed by atoms with Crippen LogP contribution in [-0.2, 0) is 12.2 Å². The van der Waals surface area contributed by atoms with Crippen LogP contribution in [0.4, 0.5) is 5.82 Å². The van der Waals surface area contributed by atoms with Crippen LogP contribution < -0.4 is 11.1 Å². The van der Waals surface area contributed by atoms with E-state index in [1.165, 1.54) is 23.4 Å². The summed E-state index contributed by atoms with van der Waals surface area (Å²) in [6, 6.07) is 0.523. The van der Waals surface area contributed by atoms with Crippen LogP contribution in [0.5, 0.6) is 0 Å². The van der Waals surface area contributed by atoms with Crippen LogP contribution >= 0.6 is 11.8 Å². The first-order valence-corrected chi connectivity index (χ1v) is 6.66. The number of aromatic nitrogens is 2. The van der Waals surface area contributed by atoms with Crippen LogP contribution in [0.3, 0.4) is 0 Å². The minimum Gasteiger partial charge on any atom is -0.382 e. The van der Waals surface area contributed by atoms with Gasteiger partial charge >= 0.3 is 0 Å². The second-order valence-corrected chi connectivity index (χ2v) is 5.31. The van der Waals surface area contributed by atoms with E-state index in [0.29, 0.717) is 6.04 Å². The summed E-state index contributed by atoms with van der Waals surface area (Å²) in [7, 11) is 0. The molecule has 3 rings (SSSR count). The van der Waals surface area contributed by atoms with Gasteiger partial charge < -0.3 is 11.1 Å². The van der Waals surface area contributed by atoms with Crippen LogP contribution in [0.15, 0.2) is 0 Å². The summed E-state index contributed by atoms with van der Waals surface area (Å²) in [5, 5.41) is 7.89. The van der Waals surface area contributed by atoms with Crippen molar-refractivity contribution in [2.45, 2.75) is 24.6 Å². The number of hydrogen-bond acceptors (Lipinski definition) is 4. The Balaban J connectivity index is 1.99. The maximum Gasteiger partial charge on any atom is 0.148 e. The molecule has 0 radical (unpaired) electrons. The maximum absolute atomic E-state index is 5.97. The fourth-order valence-corrected chi connectivity index (χ4v) is 3.43. The monoisotopic (exact) mass is 224 g/mol. The van der Waals surface area contributed by atoms with E-state index in [1.54, 1.807) is 0 Å². The van der Waals surface area contributed by atoms with Crippen molar-refractivity contribution in [3.63, 3.8) is 0 Å². The van der Waals surface area contributed by atoms with Gasteiger partial charge in [0.2, 0.25) is 0 Å². The molecule has 1 atom stereocenters. The zero-order valence-corrected chi connectivity index (χ0v) is 9.52. The fraction of sp³-hybridized carbons (Fsp3) is 0.700. The molecule has 82 valence electrons. The number of nitrogens with zero attached hydrogens (tertiary/aromatic N) is 2. The summed E-state index contributed by atoms with van der Waals surface area (Å²) in [5.41, 5.74) is 8.65. The SMILES string of the molecule is Nc1nn(C2CCNC2)c2c1CCSC2. The van der Waals surface area contributed by atoms with Gasteiger partial charge in [-0.2, -0.15) is 16.9 Å². The Kier molecular flexibility index (Phi) is 2.36. The highest BCUT2D eigenvalue weighted by Crippen LogP contribution is 2.31. The molecule has 1 fully saturated rings. The molecule has 0 bridgehead atoms. The van der Waals surface area contributed by atoms with E-state index in [-0.39, 0.29) is 0 Å². The molecular weight excluding hydrogens is 208 g/mol. The van der Waals surface area contributed by atoms with Gasteiger partial charge in [-0.3, -0.25) is 4.68 Å². The van der Waals surface area contributed by atoms with Gasteiger partial charge in [-0.1, -0.05) is 0 Å². The van der Waals surface area contributed by atoms with Crippen molar-refractivity contribution in [2.75, 3.05) is 24.6 Å². The smallest absolute Gasteiger partial charge is 0.148 e. The third-order valence-electron chi connectivity index (χ3n) is 3.26. The second-order valence-electron chi connectivity index (χ2n) is 4.20. The van der Waals surface area contributed by atoms with Crippen LogP contribution in [-0.4, -0.2) is 28.6 Å². The van der Waals surface area contributed by atoms with Crippen molar-refractivity contribution in [1.82, 2.24) is 15.1 Å². The molecule has 5 heteroatoms. The van der Waals surface area contributed by atoms with Crippen LogP contribution in [0.1, 0.15) is 23.7 Å². The first kappa shape index (κ1) is 9.54. The normalized spacial score (nSPS) is 25.5. The van der Waals surface area contributed by atoms with Gasteiger partial charge in [0.1, 0.15) is 5.82 Å². The highest BCUT2D eigenvalue weighted by molar-refractivity contribution is 7.98. The molecule has 0 spiro atoms. The topological polar surface area (TPSA) is 55.9 Å². The lowest BCUT2D eigenvalue weighted by Gasteiger charge is -2.17. The van der Waals surface area contributed by atoms with Gasteiger partial charge in [-0.25, -0.2) is 0 Å². The van der Waals surface area contributed by atoms with E-state index in [4.69, 9.17) is 5.73 Å². The summed E-state index contributed by atoms with van der Waals surface area (Å²) >= 11 is 1.99. The average molecular weight is 224 g/mol. The van der Waals surface area contributed by atoms with Crippen molar-refractivity contribution in [3.8, 4) is 0 Å². The number of nitrogens with two attached hydrogens (primary N) is 1. The summed E-state index contributed by atoms with van der Waals surface area (Å²) in [6.45, 7) is 2.14. The number of fused-ring (bicyclic) bond motifs is 1.